The highest BCUT2D eigenvalue weighted by Crippen LogP contribution is 2.24. The van der Waals surface area contributed by atoms with E-state index in [1.54, 1.807) is 0 Å². The van der Waals surface area contributed by atoms with Gasteiger partial charge in [0, 0.05) is 38.1 Å². The van der Waals surface area contributed by atoms with Crippen LogP contribution in [0.15, 0.2) is 42.7 Å². The van der Waals surface area contributed by atoms with E-state index >= 15 is 0 Å². The van der Waals surface area contributed by atoms with Gasteiger partial charge in [-0.15, -0.1) is 0 Å². The van der Waals surface area contributed by atoms with Crippen molar-refractivity contribution in [2.24, 2.45) is 0 Å². The molecule has 0 aliphatic carbocycles. The largest absolute Gasteiger partial charge is 0.348 e. The number of aromatic nitrogens is 2. The zero-order valence-corrected chi connectivity index (χ0v) is 11.3. The third-order valence-corrected chi connectivity index (χ3v) is 3.84. The molecule has 1 fully saturated rings. The van der Waals surface area contributed by atoms with Gasteiger partial charge in [0.1, 0.15) is 5.82 Å². The number of imidazole rings is 1. The molecule has 2 aromatic rings. The Morgan fingerprint density at radius 1 is 1.26 bits per heavy atom. The van der Waals surface area contributed by atoms with Crippen LogP contribution in [0.4, 0.5) is 0 Å². The number of nitrogens with one attached hydrogen (secondary N) is 1. The van der Waals surface area contributed by atoms with Crippen LogP contribution in [0.1, 0.15) is 17.4 Å². The molecule has 0 radical (unpaired) electrons. The first-order chi connectivity index (χ1) is 9.33. The topological polar surface area (TPSA) is 35.2 Å². The first-order valence-corrected chi connectivity index (χ1v) is 6.79. The second kappa shape index (κ2) is 5.55. The number of likely N-dealkylation sites (N-methyl/N-ethyl adjacent to an activating group) is 1. The van der Waals surface area contributed by atoms with E-state index in [0.717, 1.165) is 32.0 Å². The third kappa shape index (κ3) is 2.85. The molecule has 0 saturated carbocycles. The van der Waals surface area contributed by atoms with Crippen LogP contribution < -0.4 is 0 Å². The number of hydrogen-bond donors (Lipinski definition) is 1. The van der Waals surface area contributed by atoms with Gasteiger partial charge >= 0.3 is 0 Å². The lowest BCUT2D eigenvalue weighted by Gasteiger charge is -2.39. The minimum Gasteiger partial charge on any atom is -0.348 e. The summed E-state index contributed by atoms with van der Waals surface area (Å²) in [6, 6.07) is 11.2. The Bertz CT molecular complexity index is 494. The molecule has 0 amide bonds. The van der Waals surface area contributed by atoms with Gasteiger partial charge in [-0.3, -0.25) is 9.80 Å². The first-order valence-electron chi connectivity index (χ1n) is 6.79. The van der Waals surface area contributed by atoms with Crippen LogP contribution in [0.3, 0.4) is 0 Å². The predicted octanol–water partition coefficient (Wildman–Crippen LogP) is 1.90. The molecule has 1 atom stereocenters. The molecule has 1 aromatic carbocycles. The van der Waals surface area contributed by atoms with Gasteiger partial charge < -0.3 is 4.98 Å². The quantitative estimate of drug-likeness (QED) is 0.911. The van der Waals surface area contributed by atoms with E-state index in [4.69, 9.17) is 0 Å². The molecule has 0 spiro atoms. The molecular formula is C15H20N4. The molecule has 19 heavy (non-hydrogen) atoms. The van der Waals surface area contributed by atoms with E-state index in [-0.39, 0.29) is 0 Å². The molecule has 100 valence electrons. The highest BCUT2D eigenvalue weighted by molar-refractivity contribution is 5.20. The molecule has 1 saturated heterocycles. The van der Waals surface area contributed by atoms with Gasteiger partial charge in [0.05, 0.1) is 6.54 Å². The van der Waals surface area contributed by atoms with Crippen molar-refractivity contribution in [3.63, 3.8) is 0 Å². The van der Waals surface area contributed by atoms with Crippen LogP contribution in [-0.2, 0) is 6.54 Å². The van der Waals surface area contributed by atoms with Gasteiger partial charge in [-0.05, 0) is 12.6 Å². The zero-order valence-electron chi connectivity index (χ0n) is 11.3. The zero-order chi connectivity index (χ0) is 13.1. The van der Waals surface area contributed by atoms with Crippen molar-refractivity contribution in [3.8, 4) is 0 Å². The first kappa shape index (κ1) is 12.4. The maximum atomic E-state index is 4.32. The summed E-state index contributed by atoms with van der Waals surface area (Å²) in [5.41, 5.74) is 1.40. The van der Waals surface area contributed by atoms with Crippen molar-refractivity contribution >= 4 is 0 Å². The molecule has 1 aromatic heterocycles. The molecule has 0 unspecified atom stereocenters. The van der Waals surface area contributed by atoms with E-state index in [9.17, 15) is 0 Å². The van der Waals surface area contributed by atoms with E-state index in [2.05, 4.69) is 57.1 Å². The Morgan fingerprint density at radius 2 is 2.11 bits per heavy atom. The average molecular weight is 256 g/mol. The van der Waals surface area contributed by atoms with Crippen molar-refractivity contribution in [3.05, 3.63) is 54.1 Å². The summed E-state index contributed by atoms with van der Waals surface area (Å²) in [5.74, 6) is 1.05. The van der Waals surface area contributed by atoms with E-state index in [1.165, 1.54) is 5.56 Å². The summed E-state index contributed by atoms with van der Waals surface area (Å²) in [5, 5.41) is 0. The van der Waals surface area contributed by atoms with E-state index < -0.39 is 0 Å². The molecular weight excluding hydrogens is 236 g/mol. The van der Waals surface area contributed by atoms with Gasteiger partial charge in [-0.1, -0.05) is 30.3 Å². The van der Waals surface area contributed by atoms with Crippen LogP contribution >= 0.6 is 0 Å². The number of H-pyrrole nitrogens is 1. The average Bonchev–Trinajstić information content (AvgIpc) is 2.95. The van der Waals surface area contributed by atoms with Crippen molar-refractivity contribution < 1.29 is 0 Å². The Hall–Kier alpha value is -1.65. The third-order valence-electron chi connectivity index (χ3n) is 3.84. The minimum atomic E-state index is 0.477. The number of benzene rings is 1. The van der Waals surface area contributed by atoms with Crippen LogP contribution in [0.2, 0.25) is 0 Å². The second-order valence-corrected chi connectivity index (χ2v) is 5.18. The SMILES string of the molecule is CN1CCN(Cc2ncc[nH]2)C[C@H]1c1ccccc1. The maximum absolute atomic E-state index is 4.32. The predicted molar refractivity (Wildman–Crippen MR) is 75.7 cm³/mol. The van der Waals surface area contributed by atoms with Crippen molar-refractivity contribution in [2.75, 3.05) is 26.7 Å². The molecule has 1 aliphatic rings. The number of piperazine rings is 1. The van der Waals surface area contributed by atoms with Gasteiger partial charge in [0.2, 0.25) is 0 Å². The lowest BCUT2D eigenvalue weighted by atomic mass is 10.0. The number of aromatic amines is 1. The number of nitrogens with zero attached hydrogens (tertiary/aromatic N) is 3. The smallest absolute Gasteiger partial charge is 0.120 e. The normalized spacial score (nSPS) is 21.6. The fourth-order valence-corrected chi connectivity index (χ4v) is 2.71. The minimum absolute atomic E-state index is 0.477. The molecule has 1 N–H and O–H groups in total. The van der Waals surface area contributed by atoms with E-state index in [0.29, 0.717) is 6.04 Å². The molecule has 2 heterocycles. The molecule has 4 nitrogen and oxygen atoms in total. The van der Waals surface area contributed by atoms with Gasteiger partial charge in [-0.2, -0.15) is 0 Å². The van der Waals surface area contributed by atoms with Gasteiger partial charge in [-0.25, -0.2) is 4.98 Å². The van der Waals surface area contributed by atoms with E-state index in [1.807, 2.05) is 12.4 Å². The van der Waals surface area contributed by atoms with Crippen LogP contribution in [0.25, 0.3) is 0 Å². The monoisotopic (exact) mass is 256 g/mol. The molecule has 4 heteroatoms. The van der Waals surface area contributed by atoms with Gasteiger partial charge in [0.15, 0.2) is 0 Å². The summed E-state index contributed by atoms with van der Waals surface area (Å²) in [4.78, 5) is 12.4. The Balaban J connectivity index is 1.70. The Labute approximate surface area is 114 Å². The lowest BCUT2D eigenvalue weighted by Crippen LogP contribution is -2.46. The van der Waals surface area contributed by atoms with Crippen molar-refractivity contribution in [1.82, 2.24) is 19.8 Å². The summed E-state index contributed by atoms with van der Waals surface area (Å²) >= 11 is 0. The number of hydrogen-bond acceptors (Lipinski definition) is 3. The summed E-state index contributed by atoms with van der Waals surface area (Å²) in [6.07, 6.45) is 3.71. The summed E-state index contributed by atoms with van der Waals surface area (Å²) in [6.45, 7) is 4.16. The Morgan fingerprint density at radius 3 is 2.84 bits per heavy atom. The highest BCUT2D eigenvalue weighted by atomic mass is 15.3. The van der Waals surface area contributed by atoms with Crippen LogP contribution in [-0.4, -0.2) is 46.4 Å². The molecule has 1 aliphatic heterocycles. The summed E-state index contributed by atoms with van der Waals surface area (Å²) in [7, 11) is 2.21. The highest BCUT2D eigenvalue weighted by Gasteiger charge is 2.25. The summed E-state index contributed by atoms with van der Waals surface area (Å²) < 4.78 is 0. The van der Waals surface area contributed by atoms with Crippen molar-refractivity contribution in [1.29, 1.82) is 0 Å². The van der Waals surface area contributed by atoms with Crippen LogP contribution in [0.5, 0.6) is 0 Å². The fourth-order valence-electron chi connectivity index (χ4n) is 2.71. The number of rotatable bonds is 3. The molecule has 0 bridgehead atoms. The standard InChI is InChI=1S/C15H20N4/c1-18-9-10-19(12-15-16-7-8-17-15)11-14(18)13-5-3-2-4-6-13/h2-8,14H,9-12H2,1H3,(H,16,17)/t14-/m0/s1. The van der Waals surface area contributed by atoms with Gasteiger partial charge in [0.25, 0.3) is 0 Å². The fraction of sp³-hybridized carbons (Fsp3) is 0.400. The Kier molecular flexibility index (Phi) is 3.62. The second-order valence-electron chi connectivity index (χ2n) is 5.18. The van der Waals surface area contributed by atoms with Crippen LogP contribution in [0, 0.1) is 0 Å². The molecule has 3 rings (SSSR count). The van der Waals surface area contributed by atoms with Crippen molar-refractivity contribution in [2.45, 2.75) is 12.6 Å². The maximum Gasteiger partial charge on any atom is 0.120 e. The lowest BCUT2D eigenvalue weighted by molar-refractivity contribution is 0.0888.